The van der Waals surface area contributed by atoms with Gasteiger partial charge in [0.05, 0.1) is 22.9 Å². The summed E-state index contributed by atoms with van der Waals surface area (Å²) in [5.41, 5.74) is 2.04. The first-order valence-corrected chi connectivity index (χ1v) is 9.79. The van der Waals surface area contributed by atoms with E-state index in [9.17, 15) is 8.60 Å². The normalized spacial score (nSPS) is 21.3. The molecule has 1 saturated heterocycles. The second-order valence-corrected chi connectivity index (χ2v) is 8.22. The molecular weight excluding hydrogens is 349 g/mol. The van der Waals surface area contributed by atoms with E-state index in [1.54, 1.807) is 6.07 Å². The van der Waals surface area contributed by atoms with E-state index >= 15 is 0 Å². The van der Waals surface area contributed by atoms with Gasteiger partial charge in [0.25, 0.3) is 0 Å². The first-order chi connectivity index (χ1) is 11.5. The summed E-state index contributed by atoms with van der Waals surface area (Å²) in [6.07, 6.45) is 0.537. The fourth-order valence-electron chi connectivity index (χ4n) is 2.79. The molecule has 2 aliphatic rings. The molecule has 0 spiro atoms. The summed E-state index contributed by atoms with van der Waals surface area (Å²) in [6.45, 7) is 3.65. The molecule has 1 N–H and O–H groups in total. The van der Waals surface area contributed by atoms with Gasteiger partial charge in [-0.05, 0) is 19.1 Å². The summed E-state index contributed by atoms with van der Waals surface area (Å²) in [7, 11) is -0.772. The molecule has 0 radical (unpaired) electrons. The molecule has 5 nitrogen and oxygen atoms in total. The summed E-state index contributed by atoms with van der Waals surface area (Å²) < 4.78 is 25.9. The maximum absolute atomic E-state index is 14.5. The maximum atomic E-state index is 14.5. The summed E-state index contributed by atoms with van der Waals surface area (Å²) in [4.78, 5) is 8.03. The molecule has 1 fully saturated rings. The van der Waals surface area contributed by atoms with E-state index in [1.165, 1.54) is 6.07 Å². The van der Waals surface area contributed by atoms with Crippen LogP contribution in [0.15, 0.2) is 23.4 Å². The van der Waals surface area contributed by atoms with Crippen LogP contribution in [0, 0.1) is 5.82 Å². The van der Waals surface area contributed by atoms with Gasteiger partial charge >= 0.3 is 0 Å². The lowest BCUT2D eigenvalue weighted by atomic mass is 10.0. The second kappa shape index (κ2) is 7.57. The Morgan fingerprint density at radius 1 is 1.50 bits per heavy atom. The quantitative estimate of drug-likeness (QED) is 0.821. The minimum atomic E-state index is -0.772. The summed E-state index contributed by atoms with van der Waals surface area (Å²) >= 11 is 4.98. The average molecular weight is 369 g/mol. The van der Waals surface area contributed by atoms with Gasteiger partial charge < -0.3 is 15.1 Å². The highest BCUT2D eigenvalue weighted by molar-refractivity contribution is 7.85. The van der Waals surface area contributed by atoms with Gasteiger partial charge in [-0.15, -0.1) is 0 Å². The Labute approximate surface area is 148 Å². The monoisotopic (exact) mass is 369 g/mol. The number of benzene rings is 1. The van der Waals surface area contributed by atoms with Crippen LogP contribution >= 0.6 is 12.2 Å². The topological polar surface area (TPSA) is 53.9 Å². The van der Waals surface area contributed by atoms with Crippen LogP contribution in [0.2, 0.25) is 0 Å². The van der Waals surface area contributed by atoms with Crippen molar-refractivity contribution in [1.82, 2.24) is 5.32 Å². The Kier molecular flexibility index (Phi) is 5.45. The van der Waals surface area contributed by atoms with Crippen LogP contribution in [-0.2, 0) is 15.6 Å². The van der Waals surface area contributed by atoms with Crippen molar-refractivity contribution >= 4 is 39.4 Å². The highest BCUT2D eigenvalue weighted by Gasteiger charge is 2.24. The molecule has 0 bridgehead atoms. The number of oxime groups is 1. The molecule has 2 heterocycles. The molecule has 0 aromatic heterocycles. The van der Waals surface area contributed by atoms with E-state index in [4.69, 9.17) is 17.1 Å². The zero-order valence-corrected chi connectivity index (χ0v) is 15.1. The van der Waals surface area contributed by atoms with Crippen LogP contribution in [-0.4, -0.2) is 52.2 Å². The van der Waals surface area contributed by atoms with Crippen molar-refractivity contribution in [2.24, 2.45) is 5.16 Å². The predicted octanol–water partition coefficient (Wildman–Crippen LogP) is 1.82. The summed E-state index contributed by atoms with van der Waals surface area (Å²) in [5.74, 6) is 0.907. The van der Waals surface area contributed by atoms with E-state index in [2.05, 4.69) is 10.5 Å². The number of halogens is 1. The van der Waals surface area contributed by atoms with E-state index in [0.29, 0.717) is 48.2 Å². The molecular formula is C16H20FN3O2S2. The number of nitrogens with one attached hydrogen (secondary N) is 1. The zero-order valence-electron chi connectivity index (χ0n) is 13.5. The van der Waals surface area contributed by atoms with Crippen LogP contribution in [0.25, 0.3) is 0 Å². The zero-order chi connectivity index (χ0) is 17.1. The Morgan fingerprint density at radius 2 is 2.25 bits per heavy atom. The van der Waals surface area contributed by atoms with Crippen molar-refractivity contribution in [3.63, 3.8) is 0 Å². The van der Waals surface area contributed by atoms with Gasteiger partial charge in [-0.1, -0.05) is 23.4 Å². The van der Waals surface area contributed by atoms with Gasteiger partial charge in [-0.2, -0.15) is 0 Å². The van der Waals surface area contributed by atoms with Gasteiger partial charge in [0.1, 0.15) is 11.9 Å². The van der Waals surface area contributed by atoms with Crippen LogP contribution in [0.5, 0.6) is 0 Å². The van der Waals surface area contributed by atoms with Crippen LogP contribution in [0.3, 0.4) is 0 Å². The average Bonchev–Trinajstić information content (AvgIpc) is 3.03. The standard InChI is InChI=1S/C16H20FN3O2S2/c1-11(23)18-10-13-9-15(19-22-13)12-2-3-16(14(17)8-12)20-4-6-24(21)7-5-20/h2-3,8,13H,4-7,9-10H2,1H3,(H,18,23). The minimum absolute atomic E-state index is 0.0855. The van der Waals surface area contributed by atoms with Gasteiger partial charge in [0.15, 0.2) is 0 Å². The van der Waals surface area contributed by atoms with Crippen molar-refractivity contribution in [2.75, 3.05) is 36.0 Å². The predicted molar refractivity (Wildman–Crippen MR) is 98.8 cm³/mol. The first kappa shape index (κ1) is 17.3. The number of hydrogen-bond donors (Lipinski definition) is 1. The SMILES string of the molecule is CC(=S)NCC1CC(c2ccc(N3CCS(=O)CC3)c(F)c2)=NO1. The fraction of sp³-hybridized carbons (Fsp3) is 0.500. The molecule has 1 aromatic rings. The fourth-order valence-corrected chi connectivity index (χ4v) is 3.92. The van der Waals surface area contributed by atoms with E-state index in [-0.39, 0.29) is 11.9 Å². The smallest absolute Gasteiger partial charge is 0.150 e. The Morgan fingerprint density at radius 3 is 2.92 bits per heavy atom. The van der Waals surface area contributed by atoms with Gasteiger partial charge in [0.2, 0.25) is 0 Å². The maximum Gasteiger partial charge on any atom is 0.150 e. The Bertz CT molecular complexity index is 686. The molecule has 0 amide bonds. The first-order valence-electron chi connectivity index (χ1n) is 7.90. The number of rotatable bonds is 4. The van der Waals surface area contributed by atoms with Gasteiger partial charge in [-0.3, -0.25) is 4.21 Å². The lowest BCUT2D eigenvalue weighted by molar-refractivity contribution is 0.0887. The van der Waals surface area contributed by atoms with Crippen LogP contribution in [0.4, 0.5) is 10.1 Å². The van der Waals surface area contributed by atoms with Crippen LogP contribution in [0.1, 0.15) is 18.9 Å². The summed E-state index contributed by atoms with van der Waals surface area (Å²) in [6, 6.07) is 5.14. The van der Waals surface area contributed by atoms with Crippen molar-refractivity contribution < 1.29 is 13.4 Å². The van der Waals surface area contributed by atoms with Crippen molar-refractivity contribution in [3.8, 4) is 0 Å². The highest BCUT2D eigenvalue weighted by atomic mass is 32.2. The van der Waals surface area contributed by atoms with Crippen molar-refractivity contribution in [2.45, 2.75) is 19.4 Å². The Hall–Kier alpha value is -1.54. The molecule has 1 aromatic carbocycles. The van der Waals surface area contributed by atoms with Gasteiger partial charge in [0, 0.05) is 47.4 Å². The number of hydrogen-bond acceptors (Lipinski definition) is 5. The van der Waals surface area contributed by atoms with Crippen molar-refractivity contribution in [1.29, 1.82) is 0 Å². The molecule has 1 unspecified atom stereocenters. The molecule has 1 atom stereocenters. The van der Waals surface area contributed by atoms with Crippen molar-refractivity contribution in [3.05, 3.63) is 29.6 Å². The van der Waals surface area contributed by atoms with E-state index < -0.39 is 10.8 Å². The Balaban J connectivity index is 1.65. The minimum Gasteiger partial charge on any atom is -0.390 e. The lowest BCUT2D eigenvalue weighted by Gasteiger charge is -2.28. The second-order valence-electron chi connectivity index (χ2n) is 5.91. The van der Waals surface area contributed by atoms with Gasteiger partial charge in [-0.25, -0.2) is 4.39 Å². The molecule has 24 heavy (non-hydrogen) atoms. The molecule has 0 aliphatic carbocycles. The molecule has 2 aliphatic heterocycles. The van der Waals surface area contributed by atoms with E-state index in [1.807, 2.05) is 17.9 Å². The van der Waals surface area contributed by atoms with Crippen LogP contribution < -0.4 is 10.2 Å². The third-order valence-electron chi connectivity index (χ3n) is 4.11. The number of thiocarbonyl (C=S) groups is 1. The molecule has 8 heteroatoms. The third-order valence-corrected chi connectivity index (χ3v) is 5.53. The number of anilines is 1. The highest BCUT2D eigenvalue weighted by Crippen LogP contribution is 2.24. The molecule has 130 valence electrons. The van der Waals surface area contributed by atoms with E-state index in [0.717, 1.165) is 11.3 Å². The summed E-state index contributed by atoms with van der Waals surface area (Å²) in [5, 5.41) is 7.13. The number of nitrogens with zero attached hydrogens (tertiary/aromatic N) is 2. The molecule has 3 rings (SSSR count). The third kappa shape index (κ3) is 4.10. The largest absolute Gasteiger partial charge is 0.390 e. The lowest BCUT2D eigenvalue weighted by Crippen LogP contribution is -2.38. The molecule has 0 saturated carbocycles.